The third-order valence-electron chi connectivity index (χ3n) is 14.0. The number of hydrogen-bond acceptors (Lipinski definition) is 3. The number of benzene rings is 8. The Bertz CT molecular complexity index is 3650. The number of aromatic nitrogens is 3. The minimum absolute atomic E-state index is 0. The maximum atomic E-state index is 12.6. The molecule has 0 fully saturated rings. The quantitative estimate of drug-likeness (QED) is 0.133. The molecule has 0 amide bonds. The second-order valence-corrected chi connectivity index (χ2v) is 23.3. The van der Waals surface area contributed by atoms with Crippen LogP contribution in [-0.2, 0) is 42.7 Å². The molecule has 0 spiro atoms. The van der Waals surface area contributed by atoms with E-state index in [4.69, 9.17) is 9.97 Å². The first kappa shape index (κ1) is 49.4. The van der Waals surface area contributed by atoms with Gasteiger partial charge in [0.05, 0.1) is 22.3 Å². The normalized spacial score (nSPS) is 12.5. The molecule has 0 aliphatic carbocycles. The van der Waals surface area contributed by atoms with Crippen molar-refractivity contribution in [1.29, 1.82) is 0 Å². The first-order valence-corrected chi connectivity index (χ1v) is 24.7. The van der Waals surface area contributed by atoms with Crippen LogP contribution in [0.2, 0.25) is 0 Å². The van der Waals surface area contributed by atoms with Crippen molar-refractivity contribution < 1.29 is 26.2 Å². The van der Waals surface area contributed by atoms with Crippen molar-refractivity contribution >= 4 is 32.6 Å². The van der Waals surface area contributed by atoms with Gasteiger partial charge in [0.15, 0.2) is 0 Å². The zero-order valence-electron chi connectivity index (χ0n) is 43.2. The van der Waals surface area contributed by atoms with Crippen molar-refractivity contribution in [3.8, 4) is 67.5 Å². The summed E-state index contributed by atoms with van der Waals surface area (Å²) in [6.07, 6.45) is 1.92. The summed E-state index contributed by atoms with van der Waals surface area (Å²) in [5.41, 5.74) is 15.2. The molecule has 0 radical (unpaired) electrons. The zero-order valence-corrected chi connectivity index (χ0v) is 45.5. The van der Waals surface area contributed by atoms with Crippen molar-refractivity contribution in [2.75, 3.05) is 0 Å². The van der Waals surface area contributed by atoms with Crippen LogP contribution < -0.4 is 0 Å². The summed E-state index contributed by atoms with van der Waals surface area (Å²) in [6, 6.07) is 60.8. The second-order valence-electron chi connectivity index (χ2n) is 23.3. The summed E-state index contributed by atoms with van der Waals surface area (Å²) in [7, 11) is 0. The fraction of sp³-hybridized carbons (Fsp3) is 0.242. The predicted molar refractivity (Wildman–Crippen MR) is 296 cm³/mol. The first-order chi connectivity index (χ1) is 33.1. The van der Waals surface area contributed by atoms with Gasteiger partial charge in [-0.05, 0) is 107 Å². The van der Waals surface area contributed by atoms with Crippen LogP contribution in [-0.4, -0.2) is 19.6 Å². The average molecular weight is 1110 g/mol. The molecule has 0 atom stereocenters. The van der Waals surface area contributed by atoms with E-state index in [1.54, 1.807) is 0 Å². The van der Waals surface area contributed by atoms with E-state index in [2.05, 4.69) is 251 Å². The van der Waals surface area contributed by atoms with Crippen molar-refractivity contribution in [2.45, 2.75) is 105 Å². The third-order valence-corrected chi connectivity index (χ3v) is 14.0. The number of rotatable bonds is 6. The Hall–Kier alpha value is -6.61. The van der Waals surface area contributed by atoms with Crippen LogP contribution in [0.5, 0.6) is 5.75 Å². The Morgan fingerprint density at radius 1 is 0.465 bits per heavy atom. The van der Waals surface area contributed by atoms with Crippen molar-refractivity contribution in [3.05, 3.63) is 192 Å². The molecule has 0 aliphatic rings. The molecule has 2 heterocycles. The molecule has 1 N–H and O–H groups in total. The van der Waals surface area contributed by atoms with Crippen LogP contribution in [0.15, 0.2) is 164 Å². The minimum atomic E-state index is -0.334. The van der Waals surface area contributed by atoms with Gasteiger partial charge < -0.3 is 5.11 Å². The third kappa shape index (κ3) is 9.40. The number of fused-ring (bicyclic) bond motifs is 4. The number of para-hydroxylation sites is 1. The van der Waals surface area contributed by atoms with Gasteiger partial charge in [-0.2, -0.15) is 0 Å². The van der Waals surface area contributed by atoms with E-state index < -0.39 is 0 Å². The number of phenols is 1. The molecule has 0 saturated heterocycles. The van der Waals surface area contributed by atoms with Gasteiger partial charge in [-0.25, -0.2) is 4.98 Å². The summed E-state index contributed by atoms with van der Waals surface area (Å²) in [5.74, 6) is 0.933. The number of hydrogen-bond donors (Lipinski definition) is 1. The molecule has 0 unspecified atom stereocenters. The summed E-state index contributed by atoms with van der Waals surface area (Å²) >= 11 is 0. The molecule has 0 aliphatic heterocycles. The van der Waals surface area contributed by atoms with Crippen LogP contribution in [0.1, 0.15) is 105 Å². The number of imidazole rings is 1. The van der Waals surface area contributed by atoms with Gasteiger partial charge in [0, 0.05) is 44.1 Å². The van der Waals surface area contributed by atoms with Gasteiger partial charge in [0.2, 0.25) is 0 Å². The van der Waals surface area contributed by atoms with Crippen LogP contribution in [0.3, 0.4) is 0 Å². The average Bonchev–Trinajstić information content (AvgIpc) is 3.72. The minimum Gasteiger partial charge on any atom is -0.507 e. The Labute approximate surface area is 435 Å². The maximum Gasteiger partial charge on any atom is 0.148 e. The first-order valence-electron chi connectivity index (χ1n) is 24.7. The summed E-state index contributed by atoms with van der Waals surface area (Å²) in [6.45, 7) is 26.8. The van der Waals surface area contributed by atoms with Crippen molar-refractivity contribution in [2.24, 2.45) is 0 Å². The van der Waals surface area contributed by atoms with E-state index in [1.165, 1.54) is 32.7 Å². The fourth-order valence-electron chi connectivity index (χ4n) is 9.83. The van der Waals surface area contributed by atoms with Gasteiger partial charge in [-0.15, -0.1) is 29.3 Å². The molecule has 10 aromatic rings. The smallest absolute Gasteiger partial charge is 0.148 e. The van der Waals surface area contributed by atoms with Gasteiger partial charge in [-0.3, -0.25) is 9.55 Å². The van der Waals surface area contributed by atoms with E-state index in [1.807, 2.05) is 6.20 Å². The van der Waals surface area contributed by atoms with Crippen LogP contribution >= 0.6 is 0 Å². The maximum absolute atomic E-state index is 12.6. The van der Waals surface area contributed by atoms with Crippen LogP contribution in [0.4, 0.5) is 0 Å². The number of pyridine rings is 1. The van der Waals surface area contributed by atoms with Gasteiger partial charge >= 0.3 is 0 Å². The topological polar surface area (TPSA) is 50.9 Å². The second kappa shape index (κ2) is 18.2. The van der Waals surface area contributed by atoms with Gasteiger partial charge in [0.25, 0.3) is 0 Å². The van der Waals surface area contributed by atoms with Crippen molar-refractivity contribution in [1.82, 2.24) is 14.5 Å². The van der Waals surface area contributed by atoms with Crippen molar-refractivity contribution in [3.63, 3.8) is 0 Å². The molecule has 8 aromatic carbocycles. The SMILES string of the molecule is CC(C)(C)c1cc(-c2cc(-c3ccc4c(ccc5ccccc54)c3)ccn2)[c-]c(-c2cccc3c2nc(-c2cc(C(C)(C)C)cc(C(C)(C)C)c2O)n3-c2ccc(C(C)(C)C)cc2-c2ccccc2)c1.[Pt]. The molecule has 360 valence electrons. The number of phenolic OH excluding ortho intramolecular Hbond substituents is 1. The molecular weight excluding hydrogens is 1050 g/mol. The Morgan fingerprint density at radius 3 is 1.82 bits per heavy atom. The molecule has 0 saturated carbocycles. The molecule has 2 aromatic heterocycles. The summed E-state index contributed by atoms with van der Waals surface area (Å²) in [4.78, 5) is 10.7. The Kier molecular flexibility index (Phi) is 12.7. The molecule has 10 rings (SSSR count). The molecular formula is C66H64N3OPt-. The predicted octanol–water partition coefficient (Wildman–Crippen LogP) is 17.8. The summed E-state index contributed by atoms with van der Waals surface area (Å²) < 4.78 is 2.29. The largest absolute Gasteiger partial charge is 0.507 e. The Morgan fingerprint density at radius 2 is 1.10 bits per heavy atom. The van der Waals surface area contributed by atoms with Crippen LogP contribution in [0.25, 0.3) is 94.3 Å². The molecule has 0 bridgehead atoms. The standard InChI is InChI=1S/C66H64N3O.Pt/c1-63(2,3)48-28-30-58(54(38-48)41-19-14-13-15-20-41)69-59-24-18-23-53(60(59)68-62(69)55-39-50(65(7,8)9)40-56(61(55)70)66(10,11)12)46-34-47(36-49(35-46)64(4,5)6)57-37-44(31-32-67-57)43-27-29-52-45(33-43)26-25-42-21-16-17-22-51(42)52;/h13-33,35-40,70H,1-12H3;/q-1;. The number of aromatic hydroxyl groups is 1. The van der Waals surface area contributed by atoms with Gasteiger partial charge in [0.1, 0.15) is 11.6 Å². The monoisotopic (exact) mass is 1110 g/mol. The van der Waals surface area contributed by atoms with E-state index in [-0.39, 0.29) is 48.5 Å². The number of nitrogens with zero attached hydrogens (tertiary/aromatic N) is 3. The van der Waals surface area contributed by atoms with Crippen LogP contribution in [0, 0.1) is 6.07 Å². The van der Waals surface area contributed by atoms with E-state index in [0.717, 1.165) is 72.5 Å². The zero-order chi connectivity index (χ0) is 49.5. The van der Waals surface area contributed by atoms with E-state index in [0.29, 0.717) is 11.4 Å². The van der Waals surface area contributed by atoms with E-state index >= 15 is 0 Å². The van der Waals surface area contributed by atoms with E-state index in [9.17, 15) is 5.11 Å². The fourth-order valence-corrected chi connectivity index (χ4v) is 9.83. The molecule has 4 nitrogen and oxygen atoms in total. The Balaban J connectivity index is 0.00000624. The van der Waals surface area contributed by atoms with Gasteiger partial charge in [-0.1, -0.05) is 203 Å². The summed E-state index contributed by atoms with van der Waals surface area (Å²) in [5, 5.41) is 17.6. The molecule has 5 heteroatoms. The molecule has 71 heavy (non-hydrogen) atoms.